The van der Waals surface area contributed by atoms with E-state index in [1.807, 2.05) is 0 Å². The lowest BCUT2D eigenvalue weighted by Crippen LogP contribution is -2.46. The fraction of sp³-hybridized carbons (Fsp3) is 1.00. The molecule has 1 saturated carbocycles. The van der Waals surface area contributed by atoms with Crippen molar-refractivity contribution in [2.75, 3.05) is 26.2 Å². The third-order valence-corrected chi connectivity index (χ3v) is 5.87. The summed E-state index contributed by atoms with van der Waals surface area (Å²) in [5.41, 5.74) is 0. The van der Waals surface area contributed by atoms with E-state index in [0.29, 0.717) is 0 Å². The van der Waals surface area contributed by atoms with Gasteiger partial charge in [-0.1, -0.05) is 34.1 Å². The van der Waals surface area contributed by atoms with Crippen LogP contribution >= 0.6 is 0 Å². The molecule has 2 rings (SSSR count). The van der Waals surface area contributed by atoms with E-state index >= 15 is 0 Å². The Bertz CT molecular complexity index is 277. The van der Waals surface area contributed by atoms with Gasteiger partial charge in [0.15, 0.2) is 0 Å². The number of hydrogen-bond donors (Lipinski definition) is 1. The molecule has 2 fully saturated rings. The summed E-state index contributed by atoms with van der Waals surface area (Å²) < 4.78 is 0. The van der Waals surface area contributed by atoms with Gasteiger partial charge in [-0.15, -0.1) is 0 Å². The second-order valence-corrected chi connectivity index (χ2v) is 7.56. The Morgan fingerprint density at radius 3 is 2.55 bits per heavy atom. The average molecular weight is 280 g/mol. The van der Waals surface area contributed by atoms with Gasteiger partial charge in [-0.25, -0.2) is 0 Å². The monoisotopic (exact) mass is 280 g/mol. The molecule has 0 aromatic carbocycles. The topological polar surface area (TPSA) is 15.3 Å². The summed E-state index contributed by atoms with van der Waals surface area (Å²) >= 11 is 0. The van der Waals surface area contributed by atoms with Crippen LogP contribution in [0.4, 0.5) is 0 Å². The highest BCUT2D eigenvalue weighted by atomic mass is 15.2. The molecule has 2 heteroatoms. The predicted molar refractivity (Wildman–Crippen MR) is 88.0 cm³/mol. The lowest BCUT2D eigenvalue weighted by atomic mass is 9.73. The van der Waals surface area contributed by atoms with Crippen molar-refractivity contribution in [3.05, 3.63) is 0 Å². The minimum Gasteiger partial charge on any atom is -0.314 e. The summed E-state index contributed by atoms with van der Waals surface area (Å²) in [5, 5.41) is 3.77. The molecule has 1 aliphatic heterocycles. The molecule has 0 spiro atoms. The fourth-order valence-electron chi connectivity index (χ4n) is 4.38. The Balaban J connectivity index is 1.89. The van der Waals surface area contributed by atoms with Crippen molar-refractivity contribution in [1.82, 2.24) is 10.2 Å². The van der Waals surface area contributed by atoms with E-state index in [9.17, 15) is 0 Å². The molecule has 0 amide bonds. The third-order valence-electron chi connectivity index (χ3n) is 5.87. The molecule has 1 heterocycles. The summed E-state index contributed by atoms with van der Waals surface area (Å²) in [4.78, 5) is 2.76. The first kappa shape index (κ1) is 16.3. The summed E-state index contributed by atoms with van der Waals surface area (Å²) in [6.07, 6.45) is 7.08. The highest BCUT2D eigenvalue weighted by Crippen LogP contribution is 2.35. The standard InChI is InChI=1S/C18H36N2/c1-5-15-9-10-20(12-15)13-17-11-16(14(3)4)7-8-18(17)19-6-2/h14-19H,5-13H2,1-4H3. The fourth-order valence-corrected chi connectivity index (χ4v) is 4.38. The molecule has 0 aromatic rings. The van der Waals surface area contributed by atoms with Crippen LogP contribution in [-0.2, 0) is 0 Å². The molecule has 4 atom stereocenters. The highest BCUT2D eigenvalue weighted by Gasteiger charge is 2.33. The van der Waals surface area contributed by atoms with Crippen LogP contribution in [0, 0.1) is 23.7 Å². The molecule has 20 heavy (non-hydrogen) atoms. The first-order valence-electron chi connectivity index (χ1n) is 9.09. The van der Waals surface area contributed by atoms with E-state index in [0.717, 1.165) is 36.3 Å². The molecule has 1 N–H and O–H groups in total. The number of nitrogens with zero attached hydrogens (tertiary/aromatic N) is 1. The second-order valence-electron chi connectivity index (χ2n) is 7.56. The maximum Gasteiger partial charge on any atom is 0.0108 e. The summed E-state index contributed by atoms with van der Waals surface area (Å²) in [5.74, 6) is 3.67. The van der Waals surface area contributed by atoms with Gasteiger partial charge < -0.3 is 10.2 Å². The van der Waals surface area contributed by atoms with Crippen molar-refractivity contribution in [1.29, 1.82) is 0 Å². The van der Waals surface area contributed by atoms with Gasteiger partial charge in [0.1, 0.15) is 0 Å². The summed E-state index contributed by atoms with van der Waals surface area (Å²) in [7, 11) is 0. The molecule has 2 aliphatic rings. The minimum absolute atomic E-state index is 0.774. The molecule has 0 radical (unpaired) electrons. The van der Waals surface area contributed by atoms with E-state index in [-0.39, 0.29) is 0 Å². The van der Waals surface area contributed by atoms with E-state index in [4.69, 9.17) is 0 Å². The predicted octanol–water partition coefficient (Wildman–Crippen LogP) is 3.77. The van der Waals surface area contributed by atoms with Gasteiger partial charge >= 0.3 is 0 Å². The van der Waals surface area contributed by atoms with Crippen LogP contribution in [0.15, 0.2) is 0 Å². The van der Waals surface area contributed by atoms with Crippen molar-refractivity contribution in [2.45, 2.75) is 65.8 Å². The van der Waals surface area contributed by atoms with Crippen LogP contribution in [0.3, 0.4) is 0 Å². The maximum atomic E-state index is 3.77. The molecule has 1 aliphatic carbocycles. The van der Waals surface area contributed by atoms with Crippen molar-refractivity contribution >= 4 is 0 Å². The van der Waals surface area contributed by atoms with Crippen molar-refractivity contribution < 1.29 is 0 Å². The molecular weight excluding hydrogens is 244 g/mol. The number of rotatable bonds is 6. The van der Waals surface area contributed by atoms with Crippen LogP contribution in [0.5, 0.6) is 0 Å². The molecule has 0 bridgehead atoms. The molecule has 118 valence electrons. The zero-order valence-electron chi connectivity index (χ0n) is 14.2. The van der Waals surface area contributed by atoms with Gasteiger partial charge in [0.2, 0.25) is 0 Å². The van der Waals surface area contributed by atoms with Crippen LogP contribution in [0.1, 0.15) is 59.8 Å². The molecule has 0 aromatic heterocycles. The van der Waals surface area contributed by atoms with Gasteiger partial charge in [-0.3, -0.25) is 0 Å². The van der Waals surface area contributed by atoms with E-state index in [1.165, 1.54) is 51.7 Å². The molecule has 4 unspecified atom stereocenters. The van der Waals surface area contributed by atoms with Gasteiger partial charge in [0.05, 0.1) is 0 Å². The Morgan fingerprint density at radius 1 is 1.15 bits per heavy atom. The zero-order chi connectivity index (χ0) is 14.5. The zero-order valence-corrected chi connectivity index (χ0v) is 14.2. The average Bonchev–Trinajstić information content (AvgIpc) is 2.88. The van der Waals surface area contributed by atoms with Crippen LogP contribution < -0.4 is 5.32 Å². The number of nitrogens with one attached hydrogen (secondary N) is 1. The summed E-state index contributed by atoms with van der Waals surface area (Å²) in [6.45, 7) is 14.6. The maximum absolute atomic E-state index is 3.77. The quantitative estimate of drug-likeness (QED) is 0.797. The summed E-state index contributed by atoms with van der Waals surface area (Å²) in [6, 6.07) is 0.774. The van der Waals surface area contributed by atoms with Crippen molar-refractivity contribution in [3.63, 3.8) is 0 Å². The lowest BCUT2D eigenvalue weighted by Gasteiger charge is -2.40. The van der Waals surface area contributed by atoms with Crippen LogP contribution in [0.2, 0.25) is 0 Å². The van der Waals surface area contributed by atoms with E-state index in [2.05, 4.69) is 37.9 Å². The largest absolute Gasteiger partial charge is 0.314 e. The third kappa shape index (κ3) is 4.21. The molecule has 1 saturated heterocycles. The van der Waals surface area contributed by atoms with Crippen molar-refractivity contribution in [2.24, 2.45) is 23.7 Å². The van der Waals surface area contributed by atoms with Gasteiger partial charge in [-0.05, 0) is 62.4 Å². The Kier molecular flexibility index (Phi) is 6.35. The number of hydrogen-bond acceptors (Lipinski definition) is 2. The first-order valence-corrected chi connectivity index (χ1v) is 9.09. The number of likely N-dealkylation sites (tertiary alicyclic amines) is 1. The van der Waals surface area contributed by atoms with E-state index < -0.39 is 0 Å². The van der Waals surface area contributed by atoms with Gasteiger partial charge in [-0.2, -0.15) is 0 Å². The Labute approximate surface area is 126 Å². The van der Waals surface area contributed by atoms with Crippen LogP contribution in [0.25, 0.3) is 0 Å². The van der Waals surface area contributed by atoms with Crippen molar-refractivity contribution in [3.8, 4) is 0 Å². The normalized spacial score (nSPS) is 35.9. The molecule has 2 nitrogen and oxygen atoms in total. The molecular formula is C18H36N2. The lowest BCUT2D eigenvalue weighted by molar-refractivity contribution is 0.131. The highest BCUT2D eigenvalue weighted by molar-refractivity contribution is 4.88. The SMILES string of the molecule is CCNC1CCC(C(C)C)CC1CN1CCC(CC)C1. The first-order chi connectivity index (χ1) is 9.63. The smallest absolute Gasteiger partial charge is 0.0108 e. The van der Waals surface area contributed by atoms with Gasteiger partial charge in [0, 0.05) is 19.1 Å². The minimum atomic E-state index is 0.774. The second kappa shape index (κ2) is 7.79. The van der Waals surface area contributed by atoms with Gasteiger partial charge in [0.25, 0.3) is 0 Å². The van der Waals surface area contributed by atoms with E-state index in [1.54, 1.807) is 0 Å². The Morgan fingerprint density at radius 2 is 1.95 bits per heavy atom. The van der Waals surface area contributed by atoms with Crippen LogP contribution in [-0.4, -0.2) is 37.1 Å². The Hall–Kier alpha value is -0.0800.